The van der Waals surface area contributed by atoms with Crippen LogP contribution in [0.3, 0.4) is 0 Å². The molecule has 0 aliphatic carbocycles. The predicted octanol–water partition coefficient (Wildman–Crippen LogP) is 4.02. The maximum Gasteiger partial charge on any atom is 0.272 e. The lowest BCUT2D eigenvalue weighted by molar-refractivity contribution is -0.385. The molecule has 2 aromatic heterocycles. The van der Waals surface area contributed by atoms with Crippen molar-refractivity contribution in [3.8, 4) is 11.4 Å². The molecule has 0 amide bonds. The second-order valence-electron chi connectivity index (χ2n) is 5.69. The summed E-state index contributed by atoms with van der Waals surface area (Å²) in [6, 6.07) is 7.32. The first-order valence-electron chi connectivity index (χ1n) is 7.43. The van der Waals surface area contributed by atoms with Crippen LogP contribution in [-0.2, 0) is 6.42 Å². The Hall–Kier alpha value is -2.67. The number of aromatic nitrogens is 3. The molecule has 0 saturated carbocycles. The molecule has 3 rings (SSSR count). The number of nitro groups is 1. The van der Waals surface area contributed by atoms with Crippen molar-refractivity contribution in [1.29, 1.82) is 0 Å². The van der Waals surface area contributed by atoms with Gasteiger partial charge in [0.1, 0.15) is 11.4 Å². The number of thiazole rings is 1. The van der Waals surface area contributed by atoms with Gasteiger partial charge in [0, 0.05) is 23.4 Å². The number of nitrogens with zero attached hydrogens (tertiary/aromatic N) is 4. The highest BCUT2D eigenvalue weighted by Crippen LogP contribution is 2.26. The Kier molecular flexibility index (Phi) is 4.35. The zero-order chi connectivity index (χ0) is 17.3. The van der Waals surface area contributed by atoms with Gasteiger partial charge in [-0.1, -0.05) is 0 Å². The molecular weight excluding hydrogens is 324 g/mol. The Morgan fingerprint density at radius 2 is 1.88 bits per heavy atom. The van der Waals surface area contributed by atoms with Gasteiger partial charge in [0.05, 0.1) is 15.6 Å². The van der Waals surface area contributed by atoms with Gasteiger partial charge in [-0.15, -0.1) is 16.4 Å². The average Bonchev–Trinajstić information content (AvgIpc) is 2.99. The molecule has 7 heteroatoms. The van der Waals surface area contributed by atoms with Crippen LogP contribution in [0.5, 0.6) is 0 Å². The number of benzene rings is 1. The Labute approximate surface area is 143 Å². The highest BCUT2D eigenvalue weighted by molar-refractivity contribution is 7.10. The average molecular weight is 340 g/mol. The zero-order valence-corrected chi connectivity index (χ0v) is 14.4. The predicted molar refractivity (Wildman–Crippen MR) is 93.3 cm³/mol. The van der Waals surface area contributed by atoms with Crippen molar-refractivity contribution >= 4 is 17.0 Å². The molecule has 0 bridgehead atoms. The minimum atomic E-state index is -0.344. The molecule has 0 aliphatic rings. The molecule has 0 radical (unpaired) electrons. The van der Waals surface area contributed by atoms with E-state index in [1.54, 1.807) is 24.3 Å². The minimum Gasteiger partial charge on any atom is -0.258 e. The summed E-state index contributed by atoms with van der Waals surface area (Å²) in [6.07, 6.45) is 0.647. The molecule has 1 aromatic carbocycles. The maximum atomic E-state index is 11.0. The summed E-state index contributed by atoms with van der Waals surface area (Å²) in [6.45, 7) is 5.54. The molecule has 0 aliphatic heterocycles. The molecule has 122 valence electrons. The van der Waals surface area contributed by atoms with E-state index < -0.39 is 0 Å². The fraction of sp³-hybridized carbons (Fsp3) is 0.235. The van der Waals surface area contributed by atoms with Crippen LogP contribution in [0.15, 0.2) is 29.6 Å². The Morgan fingerprint density at radius 3 is 2.54 bits per heavy atom. The fourth-order valence-corrected chi connectivity index (χ4v) is 3.27. The number of nitro benzene ring substituents is 1. The van der Waals surface area contributed by atoms with Crippen molar-refractivity contribution in [2.24, 2.45) is 0 Å². The molecular formula is C17H16N4O2S. The lowest BCUT2D eigenvalue weighted by Crippen LogP contribution is -1.98. The number of rotatable bonds is 4. The second-order valence-corrected chi connectivity index (χ2v) is 6.63. The maximum absolute atomic E-state index is 11.0. The van der Waals surface area contributed by atoms with E-state index in [0.717, 1.165) is 33.2 Å². The fourth-order valence-electron chi connectivity index (χ4n) is 2.46. The van der Waals surface area contributed by atoms with E-state index in [4.69, 9.17) is 0 Å². The van der Waals surface area contributed by atoms with Crippen molar-refractivity contribution in [3.63, 3.8) is 0 Å². The van der Waals surface area contributed by atoms with Crippen LogP contribution >= 0.6 is 11.3 Å². The molecule has 0 atom stereocenters. The summed E-state index contributed by atoms with van der Waals surface area (Å²) in [5.74, 6) is 0. The van der Waals surface area contributed by atoms with Gasteiger partial charge in [-0.05, 0) is 50.1 Å². The van der Waals surface area contributed by atoms with E-state index in [9.17, 15) is 10.1 Å². The largest absolute Gasteiger partial charge is 0.272 e. The smallest absolute Gasteiger partial charge is 0.258 e. The molecule has 24 heavy (non-hydrogen) atoms. The van der Waals surface area contributed by atoms with Gasteiger partial charge in [0.15, 0.2) is 0 Å². The first-order chi connectivity index (χ1) is 11.4. The number of aryl methyl sites for hydroxylation is 3. The van der Waals surface area contributed by atoms with E-state index in [-0.39, 0.29) is 10.6 Å². The van der Waals surface area contributed by atoms with Gasteiger partial charge < -0.3 is 0 Å². The van der Waals surface area contributed by atoms with Crippen LogP contribution in [0.4, 0.5) is 5.69 Å². The van der Waals surface area contributed by atoms with Crippen molar-refractivity contribution in [1.82, 2.24) is 15.2 Å². The SMILES string of the molecule is Cc1ccc(-c2csc(Cc3cc(C)c([N+](=O)[O-])cc3C)n2)nn1. The van der Waals surface area contributed by atoms with Gasteiger partial charge in [-0.25, -0.2) is 4.98 Å². The highest BCUT2D eigenvalue weighted by Gasteiger charge is 2.15. The van der Waals surface area contributed by atoms with Gasteiger partial charge in [0.2, 0.25) is 0 Å². The molecule has 0 N–H and O–H groups in total. The van der Waals surface area contributed by atoms with Crippen molar-refractivity contribution in [2.45, 2.75) is 27.2 Å². The molecule has 0 spiro atoms. The zero-order valence-electron chi connectivity index (χ0n) is 13.6. The highest BCUT2D eigenvalue weighted by atomic mass is 32.1. The van der Waals surface area contributed by atoms with Crippen LogP contribution < -0.4 is 0 Å². The lowest BCUT2D eigenvalue weighted by Gasteiger charge is -2.06. The Balaban J connectivity index is 1.86. The van der Waals surface area contributed by atoms with Crippen LogP contribution in [-0.4, -0.2) is 20.1 Å². The monoisotopic (exact) mass is 340 g/mol. The lowest BCUT2D eigenvalue weighted by atomic mass is 10.0. The van der Waals surface area contributed by atoms with Gasteiger partial charge in [-0.2, -0.15) is 5.10 Å². The van der Waals surface area contributed by atoms with Gasteiger partial charge in [-0.3, -0.25) is 10.1 Å². The van der Waals surface area contributed by atoms with Crippen LogP contribution in [0.25, 0.3) is 11.4 Å². The van der Waals surface area contributed by atoms with Crippen molar-refractivity contribution in [2.75, 3.05) is 0 Å². The summed E-state index contributed by atoms with van der Waals surface area (Å²) < 4.78 is 0. The molecule has 0 saturated heterocycles. The number of hydrogen-bond donors (Lipinski definition) is 0. The first-order valence-corrected chi connectivity index (χ1v) is 8.31. The third-order valence-electron chi connectivity index (χ3n) is 3.80. The van der Waals surface area contributed by atoms with E-state index in [2.05, 4.69) is 15.2 Å². The molecule has 0 unspecified atom stereocenters. The van der Waals surface area contributed by atoms with Crippen LogP contribution in [0.2, 0.25) is 0 Å². The van der Waals surface area contributed by atoms with E-state index in [1.165, 1.54) is 0 Å². The van der Waals surface area contributed by atoms with Crippen molar-refractivity contribution < 1.29 is 4.92 Å². The molecule has 2 heterocycles. The quantitative estimate of drug-likeness (QED) is 0.529. The third-order valence-corrected chi connectivity index (χ3v) is 4.65. The standard InChI is InChI=1S/C17H16N4O2S/c1-10-7-16(21(22)23)11(2)6-13(10)8-17-18-15(9-24-17)14-5-4-12(3)19-20-14/h4-7,9H,8H2,1-3H3. The molecule has 0 fully saturated rings. The van der Waals surface area contributed by atoms with Crippen LogP contribution in [0, 0.1) is 30.9 Å². The Bertz CT molecular complexity index is 903. The summed E-state index contributed by atoms with van der Waals surface area (Å²) in [5, 5.41) is 22.1. The van der Waals surface area contributed by atoms with Gasteiger partial charge >= 0.3 is 0 Å². The molecule has 6 nitrogen and oxygen atoms in total. The molecule has 3 aromatic rings. The normalized spacial score (nSPS) is 10.8. The third kappa shape index (κ3) is 3.30. The first kappa shape index (κ1) is 16.2. The van der Waals surface area contributed by atoms with Crippen molar-refractivity contribution in [3.05, 3.63) is 67.2 Å². The summed E-state index contributed by atoms with van der Waals surface area (Å²) in [4.78, 5) is 15.3. The number of hydrogen-bond acceptors (Lipinski definition) is 6. The summed E-state index contributed by atoms with van der Waals surface area (Å²) in [5.41, 5.74) is 5.20. The minimum absolute atomic E-state index is 0.158. The van der Waals surface area contributed by atoms with Crippen LogP contribution in [0.1, 0.15) is 27.4 Å². The van der Waals surface area contributed by atoms with E-state index in [0.29, 0.717) is 12.0 Å². The Morgan fingerprint density at radius 1 is 1.08 bits per heavy atom. The summed E-state index contributed by atoms with van der Waals surface area (Å²) >= 11 is 1.56. The van der Waals surface area contributed by atoms with E-state index in [1.807, 2.05) is 37.4 Å². The second kappa shape index (κ2) is 6.45. The summed E-state index contributed by atoms with van der Waals surface area (Å²) in [7, 11) is 0. The van der Waals surface area contributed by atoms with E-state index >= 15 is 0 Å². The van der Waals surface area contributed by atoms with Gasteiger partial charge in [0.25, 0.3) is 5.69 Å². The topological polar surface area (TPSA) is 81.8 Å².